The van der Waals surface area contributed by atoms with E-state index in [2.05, 4.69) is 10.2 Å². The Morgan fingerprint density at radius 2 is 2.04 bits per heavy atom. The van der Waals surface area contributed by atoms with E-state index in [-0.39, 0.29) is 4.90 Å². The summed E-state index contributed by atoms with van der Waals surface area (Å²) in [6.45, 7) is 5.24. The van der Waals surface area contributed by atoms with Gasteiger partial charge in [0.1, 0.15) is 11.4 Å². The Balaban J connectivity index is 1.60. The van der Waals surface area contributed by atoms with Crippen molar-refractivity contribution in [3.63, 3.8) is 0 Å². The van der Waals surface area contributed by atoms with E-state index >= 15 is 0 Å². The number of ether oxygens (including phenoxy) is 1. The van der Waals surface area contributed by atoms with Crippen LogP contribution in [0.4, 0.5) is 10.1 Å². The van der Waals surface area contributed by atoms with E-state index in [1.54, 1.807) is 0 Å². The maximum atomic E-state index is 14.4. The lowest BCUT2D eigenvalue weighted by Crippen LogP contribution is -2.56. The van der Waals surface area contributed by atoms with Gasteiger partial charge in [-0.25, -0.2) is 12.8 Å². The minimum atomic E-state index is -3.42. The Hall–Kier alpha value is -1.26. The highest BCUT2D eigenvalue weighted by Gasteiger charge is 2.32. The highest BCUT2D eigenvalue weighted by atomic mass is 32.2. The summed E-state index contributed by atoms with van der Waals surface area (Å²) in [5.41, 5.74) is -0.503. The molecule has 2 saturated heterocycles. The third kappa shape index (κ3) is 4.72. The summed E-state index contributed by atoms with van der Waals surface area (Å²) in [5, 5.41) is 13.9. The van der Waals surface area contributed by atoms with Gasteiger partial charge >= 0.3 is 0 Å². The van der Waals surface area contributed by atoms with Gasteiger partial charge in [0.25, 0.3) is 0 Å². The maximum absolute atomic E-state index is 14.4. The number of aliphatic hydroxyl groups is 1. The summed E-state index contributed by atoms with van der Waals surface area (Å²) < 4.78 is 42.9. The standard InChI is InChI=1S/C17H26FN3O4S/c1-26(23,24)14-2-3-16(15(18)10-14)21-7-5-20(6-8-21)12-17(22)11-19-4-9-25-13-17/h2-3,10,19,22H,4-9,11-13H2,1H3/t17-/m0/s1. The molecule has 0 radical (unpaired) electrons. The highest BCUT2D eigenvalue weighted by Crippen LogP contribution is 2.24. The molecule has 0 bridgehead atoms. The quantitative estimate of drug-likeness (QED) is 0.734. The zero-order valence-electron chi connectivity index (χ0n) is 14.9. The van der Waals surface area contributed by atoms with Crippen LogP contribution in [0.15, 0.2) is 23.1 Å². The van der Waals surface area contributed by atoms with Crippen molar-refractivity contribution >= 4 is 15.5 Å². The summed E-state index contributed by atoms with van der Waals surface area (Å²) in [6.07, 6.45) is 1.07. The van der Waals surface area contributed by atoms with Crippen LogP contribution in [0.2, 0.25) is 0 Å². The SMILES string of the molecule is CS(=O)(=O)c1ccc(N2CCN(C[C@@]3(O)CNCCOC3)CC2)c(F)c1. The molecule has 0 saturated carbocycles. The molecule has 0 amide bonds. The summed E-state index contributed by atoms with van der Waals surface area (Å²) in [5.74, 6) is -0.527. The largest absolute Gasteiger partial charge is 0.385 e. The molecule has 1 atom stereocenters. The number of hydrogen-bond acceptors (Lipinski definition) is 7. The fraction of sp³-hybridized carbons (Fsp3) is 0.647. The molecule has 0 aromatic heterocycles. The number of nitrogens with zero attached hydrogens (tertiary/aromatic N) is 2. The van der Waals surface area contributed by atoms with Crippen molar-refractivity contribution in [1.82, 2.24) is 10.2 Å². The van der Waals surface area contributed by atoms with Gasteiger partial charge in [0.05, 0.1) is 23.8 Å². The van der Waals surface area contributed by atoms with Crippen molar-refractivity contribution in [3.8, 4) is 0 Å². The predicted molar refractivity (Wildman–Crippen MR) is 96.8 cm³/mol. The number of benzene rings is 1. The van der Waals surface area contributed by atoms with Crippen LogP contribution in [-0.2, 0) is 14.6 Å². The summed E-state index contributed by atoms with van der Waals surface area (Å²) in [7, 11) is -3.42. The second kappa shape index (κ2) is 7.77. The number of sulfone groups is 1. The first-order valence-corrected chi connectivity index (χ1v) is 10.6. The lowest BCUT2D eigenvalue weighted by molar-refractivity contribution is -0.0495. The van der Waals surface area contributed by atoms with Crippen molar-refractivity contribution < 1.29 is 22.7 Å². The highest BCUT2D eigenvalue weighted by molar-refractivity contribution is 7.90. The van der Waals surface area contributed by atoms with Crippen LogP contribution in [0, 0.1) is 5.82 Å². The summed E-state index contributed by atoms with van der Waals surface area (Å²) >= 11 is 0. The molecule has 2 aliphatic heterocycles. The lowest BCUT2D eigenvalue weighted by atomic mass is 10.0. The Kier molecular flexibility index (Phi) is 5.83. The molecule has 7 nitrogen and oxygen atoms in total. The number of halogens is 1. The number of piperazine rings is 1. The molecule has 2 fully saturated rings. The van der Waals surface area contributed by atoms with Crippen LogP contribution in [0.5, 0.6) is 0 Å². The van der Waals surface area contributed by atoms with E-state index in [0.29, 0.717) is 58.2 Å². The van der Waals surface area contributed by atoms with E-state index in [1.807, 2.05) is 4.90 Å². The predicted octanol–water partition coefficient (Wildman–Crippen LogP) is -0.298. The second-order valence-corrected chi connectivity index (χ2v) is 9.12. The number of hydrogen-bond donors (Lipinski definition) is 2. The number of β-amino-alcohol motifs (C(OH)–C–C–N with tert-alkyl or cyclic N) is 1. The fourth-order valence-electron chi connectivity index (χ4n) is 3.42. The van der Waals surface area contributed by atoms with Gasteiger partial charge in [-0.15, -0.1) is 0 Å². The van der Waals surface area contributed by atoms with Crippen molar-refractivity contribution in [2.24, 2.45) is 0 Å². The Morgan fingerprint density at radius 3 is 2.69 bits per heavy atom. The van der Waals surface area contributed by atoms with E-state index in [4.69, 9.17) is 4.74 Å². The minimum absolute atomic E-state index is 0.0135. The zero-order chi connectivity index (χ0) is 18.8. The molecule has 26 heavy (non-hydrogen) atoms. The van der Waals surface area contributed by atoms with Gasteiger partial charge in [-0.1, -0.05) is 0 Å². The first-order valence-electron chi connectivity index (χ1n) is 8.75. The molecule has 0 unspecified atom stereocenters. The van der Waals surface area contributed by atoms with Gasteiger partial charge < -0.3 is 20.1 Å². The first-order chi connectivity index (χ1) is 12.3. The monoisotopic (exact) mass is 387 g/mol. The molecular weight excluding hydrogens is 361 g/mol. The molecule has 3 rings (SSSR count). The van der Waals surface area contributed by atoms with E-state index in [0.717, 1.165) is 18.9 Å². The van der Waals surface area contributed by atoms with Crippen LogP contribution in [0.25, 0.3) is 0 Å². The Morgan fingerprint density at radius 1 is 1.31 bits per heavy atom. The van der Waals surface area contributed by atoms with Gasteiger partial charge in [-0.05, 0) is 18.2 Å². The van der Waals surface area contributed by atoms with Crippen LogP contribution in [0.3, 0.4) is 0 Å². The lowest BCUT2D eigenvalue weighted by Gasteiger charge is -2.39. The maximum Gasteiger partial charge on any atom is 0.175 e. The van der Waals surface area contributed by atoms with E-state index < -0.39 is 21.3 Å². The molecule has 2 aliphatic rings. The van der Waals surface area contributed by atoms with Gasteiger partial charge in [0, 0.05) is 52.1 Å². The third-order valence-corrected chi connectivity index (χ3v) is 5.94. The zero-order valence-corrected chi connectivity index (χ0v) is 15.8. The average Bonchev–Trinajstić information content (AvgIpc) is 2.79. The van der Waals surface area contributed by atoms with Crippen molar-refractivity contribution in [3.05, 3.63) is 24.0 Å². The average molecular weight is 387 g/mol. The molecule has 1 aromatic carbocycles. The number of anilines is 1. The topological polar surface area (TPSA) is 82.1 Å². The van der Waals surface area contributed by atoms with Gasteiger partial charge in [0.15, 0.2) is 9.84 Å². The van der Waals surface area contributed by atoms with Crippen molar-refractivity contribution in [2.75, 3.05) is 70.2 Å². The van der Waals surface area contributed by atoms with Crippen molar-refractivity contribution in [1.29, 1.82) is 0 Å². The molecule has 146 valence electrons. The Bertz CT molecular complexity index is 728. The van der Waals surface area contributed by atoms with Crippen LogP contribution in [-0.4, -0.2) is 89.3 Å². The Labute approximate surface area is 153 Å². The normalized spacial score (nSPS) is 25.9. The number of rotatable bonds is 4. The van der Waals surface area contributed by atoms with E-state index in [1.165, 1.54) is 12.1 Å². The third-order valence-electron chi connectivity index (χ3n) is 4.83. The van der Waals surface area contributed by atoms with Gasteiger partial charge in [-0.3, -0.25) is 4.90 Å². The second-order valence-electron chi connectivity index (χ2n) is 7.10. The van der Waals surface area contributed by atoms with E-state index in [9.17, 15) is 17.9 Å². The number of nitrogens with one attached hydrogen (secondary N) is 1. The summed E-state index contributed by atoms with van der Waals surface area (Å²) in [4.78, 5) is 4.04. The fourth-order valence-corrected chi connectivity index (χ4v) is 4.05. The molecule has 1 aromatic rings. The molecule has 0 spiro atoms. The molecular formula is C17H26FN3O4S. The summed E-state index contributed by atoms with van der Waals surface area (Å²) in [6, 6.07) is 4.05. The van der Waals surface area contributed by atoms with Crippen LogP contribution >= 0.6 is 0 Å². The van der Waals surface area contributed by atoms with Crippen molar-refractivity contribution in [2.45, 2.75) is 10.5 Å². The van der Waals surface area contributed by atoms with Gasteiger partial charge in [0.2, 0.25) is 0 Å². The molecule has 2 heterocycles. The first kappa shape index (κ1) is 19.5. The van der Waals surface area contributed by atoms with Gasteiger partial charge in [-0.2, -0.15) is 0 Å². The minimum Gasteiger partial charge on any atom is -0.385 e. The smallest absolute Gasteiger partial charge is 0.175 e. The molecule has 2 N–H and O–H groups in total. The molecule has 9 heteroatoms. The molecule has 0 aliphatic carbocycles. The van der Waals surface area contributed by atoms with Crippen LogP contribution < -0.4 is 10.2 Å². The van der Waals surface area contributed by atoms with Crippen LogP contribution in [0.1, 0.15) is 0 Å².